The van der Waals surface area contributed by atoms with Crippen LogP contribution in [0.1, 0.15) is 65.7 Å². The van der Waals surface area contributed by atoms with Crippen LogP contribution < -0.4 is 0 Å². The molecule has 0 aliphatic heterocycles. The number of hydrogen-bond donors (Lipinski definition) is 1. The van der Waals surface area contributed by atoms with Crippen molar-refractivity contribution >= 4 is 11.6 Å². The number of ketones is 2. The van der Waals surface area contributed by atoms with Gasteiger partial charge in [0.25, 0.3) is 0 Å². The number of hydrogen-bond acceptors (Lipinski definition) is 3. The van der Waals surface area contributed by atoms with E-state index in [0.717, 1.165) is 24.8 Å². The molecule has 144 valence electrons. The van der Waals surface area contributed by atoms with E-state index in [1.807, 2.05) is 6.92 Å². The second kappa shape index (κ2) is 5.73. The predicted octanol–water partition coefficient (Wildman–Crippen LogP) is 4.03. The Balaban J connectivity index is 1.75. The van der Waals surface area contributed by atoms with Crippen LogP contribution in [0, 0.1) is 34.5 Å². The Bertz CT molecular complexity index is 685. The largest absolute Gasteiger partial charge is 0.389 e. The summed E-state index contributed by atoms with van der Waals surface area (Å²) in [7, 11) is 0. The minimum atomic E-state index is -1.28. The second-order valence-corrected chi connectivity index (χ2v) is 9.87. The lowest BCUT2D eigenvalue weighted by Crippen LogP contribution is -2.62. The second-order valence-electron chi connectivity index (χ2n) is 9.87. The Morgan fingerprint density at radius 1 is 1.23 bits per heavy atom. The lowest BCUT2D eigenvalue weighted by atomic mass is 9.43. The number of fused-ring (bicyclic) bond motifs is 5. The smallest absolute Gasteiger partial charge is 0.161 e. The normalized spacial score (nSPS) is 50.5. The summed E-state index contributed by atoms with van der Waals surface area (Å²) < 4.78 is 16.8. The van der Waals surface area contributed by atoms with Gasteiger partial charge in [0, 0.05) is 17.8 Å². The van der Waals surface area contributed by atoms with E-state index >= 15 is 4.39 Å². The molecule has 3 nitrogen and oxygen atoms in total. The summed E-state index contributed by atoms with van der Waals surface area (Å²) in [5.41, 5.74) is -1.00. The van der Waals surface area contributed by atoms with Crippen molar-refractivity contribution in [3.63, 3.8) is 0 Å². The van der Waals surface area contributed by atoms with Crippen molar-refractivity contribution in [2.45, 2.75) is 71.4 Å². The van der Waals surface area contributed by atoms with Crippen molar-refractivity contribution in [1.82, 2.24) is 0 Å². The average Bonchev–Trinajstić information content (AvgIpc) is 2.95. The Kier molecular flexibility index (Phi) is 4.04. The van der Waals surface area contributed by atoms with Crippen LogP contribution in [0.25, 0.3) is 0 Å². The van der Waals surface area contributed by atoms with Gasteiger partial charge in [-0.25, -0.2) is 4.39 Å². The van der Waals surface area contributed by atoms with E-state index in [9.17, 15) is 14.7 Å². The predicted molar refractivity (Wildman–Crippen MR) is 97.2 cm³/mol. The Morgan fingerprint density at radius 3 is 2.65 bits per heavy atom. The first kappa shape index (κ1) is 18.3. The SMILES string of the molecule is C[C@H]1C[C@H]2[C@@H]3CC[C@H](C(=O)CO)[C@@]3(C)CC[C@]2(F)[C@@]2(C)CCC(=O)C=C12. The van der Waals surface area contributed by atoms with Crippen molar-refractivity contribution in [2.24, 2.45) is 34.5 Å². The number of halogens is 1. The number of carbonyl (C=O) groups excluding carboxylic acids is 2. The van der Waals surface area contributed by atoms with Crippen molar-refractivity contribution in [1.29, 1.82) is 0 Å². The van der Waals surface area contributed by atoms with Crippen molar-refractivity contribution in [3.8, 4) is 0 Å². The minimum Gasteiger partial charge on any atom is -0.389 e. The topological polar surface area (TPSA) is 54.4 Å². The molecule has 0 unspecified atom stereocenters. The summed E-state index contributed by atoms with van der Waals surface area (Å²) in [6.45, 7) is 5.94. The van der Waals surface area contributed by atoms with E-state index < -0.39 is 17.7 Å². The molecule has 0 amide bonds. The molecule has 0 heterocycles. The minimum absolute atomic E-state index is 0.0527. The summed E-state index contributed by atoms with van der Waals surface area (Å²) in [4.78, 5) is 24.3. The first-order valence-corrected chi connectivity index (χ1v) is 10.2. The van der Waals surface area contributed by atoms with E-state index in [-0.39, 0.29) is 40.7 Å². The first-order chi connectivity index (χ1) is 12.2. The van der Waals surface area contributed by atoms with Gasteiger partial charge in [0.2, 0.25) is 0 Å². The zero-order valence-electron chi connectivity index (χ0n) is 16.2. The standard InChI is InChI=1S/C22H31FO3/c1-13-10-18-15-4-5-16(19(26)12-24)20(15,2)8-9-22(18,23)21(3)7-6-14(25)11-17(13)21/h11,13,15-16,18,24H,4-10,12H2,1-3H3/t13-,15-,16+,18-,20-,21-,22+/m0/s1. The molecule has 4 aliphatic rings. The summed E-state index contributed by atoms with van der Waals surface area (Å²) >= 11 is 0. The zero-order chi connectivity index (χ0) is 18.9. The molecule has 0 saturated heterocycles. The van der Waals surface area contributed by atoms with Gasteiger partial charge in [0.05, 0.1) is 0 Å². The van der Waals surface area contributed by atoms with Gasteiger partial charge < -0.3 is 5.11 Å². The molecule has 0 aromatic carbocycles. The van der Waals surface area contributed by atoms with Gasteiger partial charge in [-0.3, -0.25) is 9.59 Å². The van der Waals surface area contributed by atoms with Crippen LogP contribution in [-0.2, 0) is 9.59 Å². The average molecular weight is 362 g/mol. The fourth-order valence-electron chi connectivity index (χ4n) is 7.48. The van der Waals surface area contributed by atoms with Gasteiger partial charge in [-0.1, -0.05) is 26.3 Å². The number of aliphatic hydroxyl groups excluding tert-OH is 1. The van der Waals surface area contributed by atoms with E-state index in [0.29, 0.717) is 25.7 Å². The molecule has 1 N–H and O–H groups in total. The molecule has 26 heavy (non-hydrogen) atoms. The highest BCUT2D eigenvalue weighted by Crippen LogP contribution is 2.70. The van der Waals surface area contributed by atoms with Crippen LogP contribution in [0.15, 0.2) is 11.6 Å². The third-order valence-corrected chi connectivity index (χ3v) is 8.94. The molecule has 0 aromatic rings. The summed E-state index contributed by atoms with van der Waals surface area (Å²) in [6, 6.07) is 0. The molecular formula is C22H31FO3. The number of aliphatic hydroxyl groups is 1. The van der Waals surface area contributed by atoms with Crippen LogP contribution in [-0.4, -0.2) is 28.9 Å². The Morgan fingerprint density at radius 2 is 1.96 bits per heavy atom. The number of rotatable bonds is 2. The molecule has 7 atom stereocenters. The Labute approximate surface area is 155 Å². The van der Waals surface area contributed by atoms with Crippen LogP contribution >= 0.6 is 0 Å². The Hall–Kier alpha value is -1.03. The van der Waals surface area contributed by atoms with Gasteiger partial charge in [-0.05, 0) is 67.8 Å². The maximum atomic E-state index is 16.8. The van der Waals surface area contributed by atoms with E-state index in [1.165, 1.54) is 0 Å². The molecule has 4 rings (SSSR count). The van der Waals surface area contributed by atoms with E-state index in [2.05, 4.69) is 13.8 Å². The summed E-state index contributed by atoms with van der Waals surface area (Å²) in [5.74, 6) is 0.299. The van der Waals surface area contributed by atoms with Crippen LogP contribution in [0.2, 0.25) is 0 Å². The molecular weight excluding hydrogens is 331 g/mol. The molecule has 4 heteroatoms. The highest BCUT2D eigenvalue weighted by molar-refractivity contribution is 5.92. The van der Waals surface area contributed by atoms with Gasteiger partial charge in [-0.15, -0.1) is 0 Å². The van der Waals surface area contributed by atoms with Crippen molar-refractivity contribution in [2.75, 3.05) is 6.61 Å². The zero-order valence-corrected chi connectivity index (χ0v) is 16.2. The fraction of sp³-hybridized carbons (Fsp3) is 0.818. The van der Waals surface area contributed by atoms with E-state index in [4.69, 9.17) is 0 Å². The van der Waals surface area contributed by atoms with Crippen LogP contribution in [0.5, 0.6) is 0 Å². The fourth-order valence-corrected chi connectivity index (χ4v) is 7.48. The molecule has 4 aliphatic carbocycles. The van der Waals surface area contributed by atoms with Gasteiger partial charge in [-0.2, -0.15) is 0 Å². The highest BCUT2D eigenvalue weighted by atomic mass is 19.1. The third-order valence-electron chi connectivity index (χ3n) is 8.94. The van der Waals surface area contributed by atoms with Crippen LogP contribution in [0.3, 0.4) is 0 Å². The number of alkyl halides is 1. The quantitative estimate of drug-likeness (QED) is 0.807. The summed E-state index contributed by atoms with van der Waals surface area (Å²) in [6.07, 6.45) is 6.39. The monoisotopic (exact) mass is 362 g/mol. The molecule has 0 aromatic heterocycles. The first-order valence-electron chi connectivity index (χ1n) is 10.2. The highest BCUT2D eigenvalue weighted by Gasteiger charge is 2.68. The lowest BCUT2D eigenvalue weighted by Gasteiger charge is -2.62. The summed E-state index contributed by atoms with van der Waals surface area (Å²) in [5, 5.41) is 9.38. The third kappa shape index (κ3) is 2.14. The molecule has 0 spiro atoms. The number of allylic oxidation sites excluding steroid dienone is 1. The van der Waals surface area contributed by atoms with Crippen molar-refractivity contribution < 1.29 is 19.1 Å². The van der Waals surface area contributed by atoms with Gasteiger partial charge in [0.15, 0.2) is 11.6 Å². The number of carbonyl (C=O) groups is 2. The van der Waals surface area contributed by atoms with Crippen molar-refractivity contribution in [3.05, 3.63) is 11.6 Å². The number of Topliss-reactive ketones (excluding diaryl/α,β-unsaturated/α-hetero) is 1. The van der Waals surface area contributed by atoms with E-state index in [1.54, 1.807) is 6.08 Å². The molecule has 0 bridgehead atoms. The lowest BCUT2D eigenvalue weighted by molar-refractivity contribution is -0.159. The molecule has 0 radical (unpaired) electrons. The van der Waals surface area contributed by atoms with Gasteiger partial charge >= 0.3 is 0 Å². The molecule has 3 fully saturated rings. The van der Waals surface area contributed by atoms with Crippen LogP contribution in [0.4, 0.5) is 4.39 Å². The molecule has 3 saturated carbocycles. The maximum absolute atomic E-state index is 16.8. The maximum Gasteiger partial charge on any atom is 0.161 e. The van der Waals surface area contributed by atoms with Gasteiger partial charge in [0.1, 0.15) is 12.3 Å².